The summed E-state index contributed by atoms with van der Waals surface area (Å²) >= 11 is 2.53. The van der Waals surface area contributed by atoms with E-state index >= 15 is 0 Å². The maximum atomic E-state index is 8.70. The quantitative estimate of drug-likeness (QED) is 0.0959. The van der Waals surface area contributed by atoms with Gasteiger partial charge in [0.1, 0.15) is 11.9 Å². The zero-order valence-corrected chi connectivity index (χ0v) is 23.8. The molecule has 0 bridgehead atoms. The fraction of sp³-hybridized carbons (Fsp3) is 0.286. The Morgan fingerprint density at radius 2 is 1.19 bits per heavy atom. The summed E-state index contributed by atoms with van der Waals surface area (Å²) in [5.41, 5.74) is 3.02. The average molecular weight is 616 g/mol. The molecule has 0 aliphatic rings. The number of alkyl halides is 1. The van der Waals surface area contributed by atoms with Crippen molar-refractivity contribution in [3.05, 3.63) is 120 Å². The summed E-state index contributed by atoms with van der Waals surface area (Å²) in [7, 11) is -2.87. The Hall–Kier alpha value is -2.45. The van der Waals surface area contributed by atoms with Gasteiger partial charge in [0.05, 0.1) is 3.92 Å². The number of hydrogen-bond donors (Lipinski definition) is 2. The van der Waals surface area contributed by atoms with E-state index in [2.05, 4.69) is 139 Å². The van der Waals surface area contributed by atoms with Crippen LogP contribution in [0.1, 0.15) is 60.1 Å². The van der Waals surface area contributed by atoms with Crippen LogP contribution in [0.3, 0.4) is 0 Å². The molecular formula is C28H32IN3O3P+. The lowest BCUT2D eigenvalue weighted by Crippen LogP contribution is -2.38. The van der Waals surface area contributed by atoms with Crippen molar-refractivity contribution in [3.63, 3.8) is 0 Å². The second-order valence-electron chi connectivity index (χ2n) is 8.83. The highest BCUT2D eigenvalue weighted by molar-refractivity contribution is 14.1. The van der Waals surface area contributed by atoms with Gasteiger partial charge in [-0.2, -0.15) is 5.10 Å². The fourth-order valence-electron chi connectivity index (χ4n) is 4.41. The zero-order valence-electron chi connectivity index (χ0n) is 20.7. The number of benzene rings is 3. The molecule has 0 aliphatic heterocycles. The SMILES string of the molecule is CCC(C)(CC)C(I)c1ncn(C(c2ccccc2)(c2ccccc2)c2ccccc2)n1.O=[P+](O)O. The smallest absolute Gasteiger partial charge is 0.233 e. The zero-order chi connectivity index (χ0) is 26.2. The first-order valence-electron chi connectivity index (χ1n) is 11.9. The maximum Gasteiger partial charge on any atom is 0.692 e. The normalized spacial score (nSPS) is 12.4. The number of nitrogens with zero attached hydrogens (tertiary/aromatic N) is 3. The Kier molecular flexibility index (Phi) is 9.91. The highest BCUT2D eigenvalue weighted by Gasteiger charge is 2.41. The lowest BCUT2D eigenvalue weighted by atomic mass is 9.77. The molecule has 188 valence electrons. The van der Waals surface area contributed by atoms with Gasteiger partial charge in [-0.25, -0.2) is 9.67 Å². The van der Waals surface area contributed by atoms with Crippen LogP contribution in [0.25, 0.3) is 0 Å². The van der Waals surface area contributed by atoms with E-state index in [-0.39, 0.29) is 9.34 Å². The molecular weight excluding hydrogens is 584 g/mol. The number of hydrogen-bond acceptors (Lipinski definition) is 3. The van der Waals surface area contributed by atoms with Gasteiger partial charge in [0.25, 0.3) is 0 Å². The standard InChI is InChI=1S/C28H30IN3.HO3P/c1-4-27(3,5-2)25(29)26-30-21-32(31-26)28(22-15-9-6-10-16-22,23-17-11-7-12-18-23)24-19-13-8-14-20-24;1-4(2)3/h6-21,25H,4-5H2,1-3H3;(H-,1,2,3)/p+1. The van der Waals surface area contributed by atoms with Crippen LogP contribution >= 0.6 is 30.8 Å². The molecule has 8 heteroatoms. The second kappa shape index (κ2) is 12.7. The van der Waals surface area contributed by atoms with Gasteiger partial charge in [-0.1, -0.05) is 134 Å². The third kappa shape index (κ3) is 5.92. The van der Waals surface area contributed by atoms with Crippen molar-refractivity contribution >= 4 is 30.8 Å². The van der Waals surface area contributed by atoms with Crippen molar-refractivity contribution in [1.82, 2.24) is 14.8 Å². The van der Waals surface area contributed by atoms with E-state index in [1.54, 1.807) is 0 Å². The van der Waals surface area contributed by atoms with E-state index in [0.29, 0.717) is 0 Å². The molecule has 4 rings (SSSR count). The lowest BCUT2D eigenvalue weighted by molar-refractivity contribution is 0.291. The van der Waals surface area contributed by atoms with E-state index in [9.17, 15) is 0 Å². The van der Waals surface area contributed by atoms with Crippen LogP contribution in [0.2, 0.25) is 0 Å². The van der Waals surface area contributed by atoms with Crippen LogP contribution in [-0.4, -0.2) is 24.6 Å². The van der Waals surface area contributed by atoms with E-state index in [1.807, 2.05) is 6.33 Å². The highest BCUT2D eigenvalue weighted by atomic mass is 127. The van der Waals surface area contributed by atoms with Gasteiger partial charge >= 0.3 is 8.25 Å². The molecule has 1 atom stereocenters. The van der Waals surface area contributed by atoms with Gasteiger partial charge in [0.2, 0.25) is 0 Å². The van der Waals surface area contributed by atoms with Gasteiger partial charge < -0.3 is 0 Å². The first-order chi connectivity index (χ1) is 17.3. The molecule has 1 unspecified atom stereocenters. The number of rotatable bonds is 8. The first kappa shape index (κ1) is 28.1. The molecule has 0 aliphatic carbocycles. The third-order valence-electron chi connectivity index (χ3n) is 6.88. The van der Waals surface area contributed by atoms with E-state index in [0.717, 1.165) is 35.4 Å². The molecule has 1 heterocycles. The highest BCUT2D eigenvalue weighted by Crippen LogP contribution is 2.46. The van der Waals surface area contributed by atoms with Crippen LogP contribution in [-0.2, 0) is 10.1 Å². The molecule has 0 saturated carbocycles. The number of aromatic nitrogens is 3. The molecule has 0 fully saturated rings. The Labute approximate surface area is 227 Å². The third-order valence-corrected chi connectivity index (χ3v) is 8.94. The Morgan fingerprint density at radius 3 is 1.53 bits per heavy atom. The van der Waals surface area contributed by atoms with Crippen molar-refractivity contribution in [2.24, 2.45) is 5.41 Å². The average Bonchev–Trinajstić information content (AvgIpc) is 3.40. The van der Waals surface area contributed by atoms with Crippen LogP contribution in [0.5, 0.6) is 0 Å². The van der Waals surface area contributed by atoms with E-state index in [1.165, 1.54) is 0 Å². The van der Waals surface area contributed by atoms with Crippen LogP contribution < -0.4 is 0 Å². The van der Waals surface area contributed by atoms with Crippen molar-refractivity contribution in [2.75, 3.05) is 0 Å². The molecule has 6 nitrogen and oxygen atoms in total. The van der Waals surface area contributed by atoms with Crippen molar-refractivity contribution < 1.29 is 14.4 Å². The summed E-state index contributed by atoms with van der Waals surface area (Å²) < 4.78 is 11.0. The summed E-state index contributed by atoms with van der Waals surface area (Å²) in [5, 5.41) is 5.17. The molecule has 0 spiro atoms. The summed E-state index contributed by atoms with van der Waals surface area (Å²) in [6.45, 7) is 6.85. The van der Waals surface area contributed by atoms with Gasteiger partial charge in [-0.05, 0) is 34.9 Å². The first-order valence-corrected chi connectivity index (χ1v) is 14.3. The number of halogens is 1. The summed E-state index contributed by atoms with van der Waals surface area (Å²) in [4.78, 5) is 19.1. The molecule has 2 N–H and O–H groups in total. The predicted molar refractivity (Wildman–Crippen MR) is 152 cm³/mol. The minimum absolute atomic E-state index is 0.154. The fourth-order valence-corrected chi connectivity index (χ4v) is 5.57. The topological polar surface area (TPSA) is 88.2 Å². The largest absolute Gasteiger partial charge is 0.692 e. The van der Waals surface area contributed by atoms with Crippen molar-refractivity contribution in [1.29, 1.82) is 0 Å². The van der Waals surface area contributed by atoms with Crippen molar-refractivity contribution in [3.8, 4) is 0 Å². The summed E-state index contributed by atoms with van der Waals surface area (Å²) in [5.74, 6) is 0.893. The second-order valence-corrected chi connectivity index (χ2v) is 10.6. The monoisotopic (exact) mass is 616 g/mol. The van der Waals surface area contributed by atoms with Crippen LogP contribution in [0.15, 0.2) is 97.3 Å². The van der Waals surface area contributed by atoms with Crippen LogP contribution in [0, 0.1) is 5.41 Å². The summed E-state index contributed by atoms with van der Waals surface area (Å²) in [6, 6.07) is 31.9. The van der Waals surface area contributed by atoms with Gasteiger partial charge in [-0.15, -0.1) is 9.79 Å². The maximum absolute atomic E-state index is 8.70. The molecule has 36 heavy (non-hydrogen) atoms. The van der Waals surface area contributed by atoms with Gasteiger partial charge in [-0.3, -0.25) is 0 Å². The molecule has 1 aromatic heterocycles. The Balaban J connectivity index is 0.000000840. The van der Waals surface area contributed by atoms with E-state index in [4.69, 9.17) is 24.4 Å². The molecule has 0 saturated heterocycles. The molecule has 0 amide bonds. The Morgan fingerprint density at radius 1 is 0.833 bits per heavy atom. The Bertz CT molecular complexity index is 1130. The van der Waals surface area contributed by atoms with Crippen molar-refractivity contribution in [2.45, 2.75) is 43.1 Å². The van der Waals surface area contributed by atoms with Crippen LogP contribution in [0.4, 0.5) is 0 Å². The molecule has 4 aromatic rings. The lowest BCUT2D eigenvalue weighted by Gasteiger charge is -2.36. The minimum Gasteiger partial charge on any atom is -0.233 e. The summed E-state index contributed by atoms with van der Waals surface area (Å²) in [6.07, 6.45) is 4.10. The van der Waals surface area contributed by atoms with Gasteiger partial charge in [0.15, 0.2) is 5.82 Å². The van der Waals surface area contributed by atoms with Gasteiger partial charge in [0, 0.05) is 4.57 Å². The minimum atomic E-state index is -2.87. The van der Waals surface area contributed by atoms with E-state index < -0.39 is 13.8 Å². The molecule has 3 aromatic carbocycles. The predicted octanol–water partition coefficient (Wildman–Crippen LogP) is 7.05. The molecule has 0 radical (unpaired) electrons.